The van der Waals surface area contributed by atoms with E-state index in [0.717, 1.165) is 6.54 Å². The molecular formula is C25H38N2O3Si. The molecule has 0 aromatic heterocycles. The zero-order valence-corrected chi connectivity index (χ0v) is 21.1. The van der Waals surface area contributed by atoms with E-state index in [1.807, 2.05) is 12.1 Å². The van der Waals surface area contributed by atoms with Gasteiger partial charge >= 0.3 is 0 Å². The molecule has 5 nitrogen and oxygen atoms in total. The van der Waals surface area contributed by atoms with E-state index < -0.39 is 8.32 Å². The molecule has 0 saturated heterocycles. The third kappa shape index (κ3) is 6.04. The van der Waals surface area contributed by atoms with Gasteiger partial charge in [-0.2, -0.15) is 0 Å². The van der Waals surface area contributed by atoms with Crippen molar-refractivity contribution in [3.63, 3.8) is 0 Å². The minimum Gasteiger partial charge on any atom is -0.403 e. The topological polar surface area (TPSA) is 42.0 Å². The van der Waals surface area contributed by atoms with Crippen LogP contribution in [0, 0.1) is 0 Å². The fourth-order valence-electron chi connectivity index (χ4n) is 3.99. The fourth-order valence-corrected chi connectivity index (χ4v) is 8.66. The number of hydroxylamine groups is 2. The van der Waals surface area contributed by atoms with E-state index in [2.05, 4.69) is 88.2 Å². The van der Waals surface area contributed by atoms with Crippen LogP contribution in [0.3, 0.4) is 0 Å². The first-order valence-corrected chi connectivity index (χ1v) is 12.8. The standard InChI is InChI=1S/C25H38N2O3Si/c1-8-26(5)20-21(19-24(28)27(6)29-7)30-31(25(2,3)4,22-15-11-9-12-16-22)23-17-13-10-14-18-23/h9-18,21H,8,19-20H2,1-7H3/t21-/m0/s1. The number of carbonyl (C=O) groups excluding carboxylic acids is 1. The molecule has 170 valence electrons. The van der Waals surface area contributed by atoms with Crippen molar-refractivity contribution >= 4 is 24.6 Å². The minimum atomic E-state index is -2.74. The average molecular weight is 443 g/mol. The van der Waals surface area contributed by atoms with Crippen molar-refractivity contribution in [3.8, 4) is 0 Å². The van der Waals surface area contributed by atoms with E-state index in [1.165, 1.54) is 22.5 Å². The number of nitrogens with zero attached hydrogens (tertiary/aromatic N) is 2. The van der Waals surface area contributed by atoms with Crippen LogP contribution >= 0.6 is 0 Å². The normalized spacial score (nSPS) is 13.3. The van der Waals surface area contributed by atoms with Crippen LogP contribution in [0.4, 0.5) is 0 Å². The highest BCUT2D eigenvalue weighted by molar-refractivity contribution is 6.99. The van der Waals surface area contributed by atoms with Gasteiger partial charge in [0, 0.05) is 13.6 Å². The Bertz CT molecular complexity index is 769. The number of carbonyl (C=O) groups is 1. The van der Waals surface area contributed by atoms with Crippen LogP contribution in [0.15, 0.2) is 60.7 Å². The van der Waals surface area contributed by atoms with Gasteiger partial charge in [0.1, 0.15) is 0 Å². The van der Waals surface area contributed by atoms with Crippen molar-refractivity contribution in [2.24, 2.45) is 0 Å². The van der Waals surface area contributed by atoms with Crippen LogP contribution in [0.1, 0.15) is 34.1 Å². The molecule has 0 spiro atoms. The van der Waals surface area contributed by atoms with Crippen LogP contribution in [0.5, 0.6) is 0 Å². The molecule has 1 amide bonds. The van der Waals surface area contributed by atoms with Crippen molar-refractivity contribution in [2.45, 2.75) is 45.3 Å². The quantitative estimate of drug-likeness (QED) is 0.418. The zero-order valence-electron chi connectivity index (χ0n) is 20.1. The summed E-state index contributed by atoms with van der Waals surface area (Å²) in [7, 11) is 2.47. The Labute approximate surface area is 189 Å². The highest BCUT2D eigenvalue weighted by Crippen LogP contribution is 2.38. The molecule has 0 aliphatic heterocycles. The zero-order chi connectivity index (χ0) is 23.1. The van der Waals surface area contributed by atoms with Crippen LogP contribution in [-0.2, 0) is 14.1 Å². The molecule has 0 heterocycles. The predicted octanol–water partition coefficient (Wildman–Crippen LogP) is 3.29. The summed E-state index contributed by atoms with van der Waals surface area (Å²) in [6, 6.07) is 21.1. The number of benzene rings is 2. The second-order valence-electron chi connectivity index (χ2n) is 9.04. The number of hydrogen-bond donors (Lipinski definition) is 0. The monoisotopic (exact) mass is 442 g/mol. The van der Waals surface area contributed by atoms with Crippen molar-refractivity contribution in [1.82, 2.24) is 9.96 Å². The first kappa shape index (κ1) is 25.3. The molecule has 0 aliphatic rings. The number of hydrogen-bond acceptors (Lipinski definition) is 4. The van der Waals surface area contributed by atoms with Gasteiger partial charge in [-0.25, -0.2) is 5.06 Å². The maximum absolute atomic E-state index is 12.8. The largest absolute Gasteiger partial charge is 0.403 e. The van der Waals surface area contributed by atoms with Crippen molar-refractivity contribution in [2.75, 3.05) is 34.3 Å². The summed E-state index contributed by atoms with van der Waals surface area (Å²) in [6.45, 7) is 10.4. The average Bonchev–Trinajstić information content (AvgIpc) is 2.76. The molecular weight excluding hydrogens is 404 g/mol. The molecule has 2 aromatic rings. The lowest BCUT2D eigenvalue weighted by molar-refractivity contribution is -0.170. The van der Waals surface area contributed by atoms with Crippen LogP contribution in [0.25, 0.3) is 0 Å². The van der Waals surface area contributed by atoms with E-state index in [4.69, 9.17) is 9.26 Å². The van der Waals surface area contributed by atoms with Gasteiger partial charge in [0.15, 0.2) is 0 Å². The van der Waals surface area contributed by atoms with E-state index in [0.29, 0.717) is 6.54 Å². The van der Waals surface area contributed by atoms with Gasteiger partial charge in [0.2, 0.25) is 5.91 Å². The van der Waals surface area contributed by atoms with Crippen molar-refractivity contribution in [3.05, 3.63) is 60.7 Å². The van der Waals surface area contributed by atoms with Crippen LogP contribution < -0.4 is 10.4 Å². The van der Waals surface area contributed by atoms with Gasteiger partial charge in [0.25, 0.3) is 8.32 Å². The summed E-state index contributed by atoms with van der Waals surface area (Å²) in [6.07, 6.45) is 0.000437. The third-order valence-corrected chi connectivity index (χ3v) is 10.9. The second kappa shape index (κ2) is 11.0. The van der Waals surface area contributed by atoms with Crippen molar-refractivity contribution < 1.29 is 14.1 Å². The maximum Gasteiger partial charge on any atom is 0.261 e. The van der Waals surface area contributed by atoms with Crippen molar-refractivity contribution in [1.29, 1.82) is 0 Å². The molecule has 1 atom stereocenters. The Hall–Kier alpha value is -1.99. The van der Waals surface area contributed by atoms with Gasteiger partial charge in [-0.05, 0) is 29.0 Å². The predicted molar refractivity (Wildman–Crippen MR) is 130 cm³/mol. The Kier molecular flexibility index (Phi) is 9.00. The second-order valence-corrected chi connectivity index (χ2v) is 13.3. The number of likely N-dealkylation sites (N-methyl/N-ethyl adjacent to an activating group) is 1. The molecule has 0 saturated carbocycles. The molecule has 6 heteroatoms. The highest BCUT2D eigenvalue weighted by atomic mass is 28.4. The molecule has 0 fully saturated rings. The van der Waals surface area contributed by atoms with E-state index in [1.54, 1.807) is 7.05 Å². The summed E-state index contributed by atoms with van der Waals surface area (Å²) in [5, 5.41) is 3.57. The molecule has 0 unspecified atom stereocenters. The minimum absolute atomic E-state index is 0.0880. The van der Waals surface area contributed by atoms with Gasteiger partial charge in [-0.1, -0.05) is 88.4 Å². The Balaban J connectivity index is 2.61. The molecule has 31 heavy (non-hydrogen) atoms. The van der Waals surface area contributed by atoms with Gasteiger partial charge < -0.3 is 9.33 Å². The first-order chi connectivity index (χ1) is 14.7. The van der Waals surface area contributed by atoms with Gasteiger partial charge in [0.05, 0.1) is 19.6 Å². The third-order valence-electron chi connectivity index (χ3n) is 5.84. The van der Waals surface area contributed by atoms with E-state index in [9.17, 15) is 4.79 Å². The fraction of sp³-hybridized carbons (Fsp3) is 0.480. The highest BCUT2D eigenvalue weighted by Gasteiger charge is 2.51. The van der Waals surface area contributed by atoms with E-state index >= 15 is 0 Å². The van der Waals surface area contributed by atoms with Gasteiger partial charge in [-0.15, -0.1) is 0 Å². The van der Waals surface area contributed by atoms with Crippen LogP contribution in [-0.4, -0.2) is 64.6 Å². The molecule has 0 aliphatic carbocycles. The van der Waals surface area contributed by atoms with Gasteiger partial charge in [-0.3, -0.25) is 9.63 Å². The first-order valence-electron chi connectivity index (χ1n) is 10.9. The smallest absolute Gasteiger partial charge is 0.261 e. The Morgan fingerprint density at radius 1 is 0.968 bits per heavy atom. The molecule has 2 aromatic carbocycles. The number of amides is 1. The Morgan fingerprint density at radius 2 is 1.45 bits per heavy atom. The molecule has 0 radical (unpaired) electrons. The van der Waals surface area contributed by atoms with Crippen LogP contribution in [0.2, 0.25) is 5.04 Å². The van der Waals surface area contributed by atoms with E-state index in [-0.39, 0.29) is 23.5 Å². The molecule has 0 bridgehead atoms. The summed E-state index contributed by atoms with van der Waals surface area (Å²) in [5.41, 5.74) is 0. The summed E-state index contributed by atoms with van der Waals surface area (Å²) in [4.78, 5) is 20.1. The summed E-state index contributed by atoms with van der Waals surface area (Å²) < 4.78 is 7.21. The lowest BCUT2D eigenvalue weighted by atomic mass is 10.2. The summed E-state index contributed by atoms with van der Waals surface area (Å²) in [5.74, 6) is -0.0880. The molecule has 0 N–H and O–H groups in total. The Morgan fingerprint density at radius 3 is 1.84 bits per heavy atom. The maximum atomic E-state index is 12.8. The lowest BCUT2D eigenvalue weighted by Gasteiger charge is -2.45. The SMILES string of the molecule is CCN(C)C[C@H](CC(=O)N(C)OC)O[Si](c1ccccc1)(c1ccccc1)C(C)(C)C. The summed E-state index contributed by atoms with van der Waals surface area (Å²) >= 11 is 0. The lowest BCUT2D eigenvalue weighted by Crippen LogP contribution is -2.68. The number of rotatable bonds is 10. The molecule has 2 rings (SSSR count).